The summed E-state index contributed by atoms with van der Waals surface area (Å²) in [5.74, 6) is 1.09. The van der Waals surface area contributed by atoms with Crippen LogP contribution in [0.2, 0.25) is 0 Å². The molecular formula is C14H24N4O2S. The quantitative estimate of drug-likeness (QED) is 0.675. The van der Waals surface area contributed by atoms with Crippen molar-refractivity contribution < 1.29 is 8.42 Å². The summed E-state index contributed by atoms with van der Waals surface area (Å²) in [5.41, 5.74) is 1.19. The van der Waals surface area contributed by atoms with Crippen LogP contribution in [0, 0.1) is 18.8 Å². The Hall–Kier alpha value is -0.920. The highest BCUT2D eigenvalue weighted by Gasteiger charge is 2.31. The molecule has 3 rings (SSSR count). The number of nitrogens with one attached hydrogen (secondary N) is 3. The Bertz CT molecular complexity index is 602. The van der Waals surface area contributed by atoms with Crippen molar-refractivity contribution in [2.45, 2.75) is 57.0 Å². The molecule has 3 N–H and O–H groups in total. The smallest absolute Gasteiger partial charge is 0.244 e. The summed E-state index contributed by atoms with van der Waals surface area (Å²) >= 11 is 0. The van der Waals surface area contributed by atoms with Crippen LogP contribution >= 0.6 is 0 Å². The van der Waals surface area contributed by atoms with Crippen molar-refractivity contribution in [2.75, 3.05) is 6.54 Å². The highest BCUT2D eigenvalue weighted by molar-refractivity contribution is 7.89. The Morgan fingerprint density at radius 1 is 1.33 bits per heavy atom. The van der Waals surface area contributed by atoms with E-state index in [4.69, 9.17) is 0 Å². The van der Waals surface area contributed by atoms with Crippen LogP contribution < -0.4 is 10.0 Å². The number of aromatic nitrogens is 2. The number of aromatic amines is 1. The lowest BCUT2D eigenvalue weighted by atomic mass is 10.1. The van der Waals surface area contributed by atoms with Crippen LogP contribution in [0.3, 0.4) is 0 Å². The van der Waals surface area contributed by atoms with E-state index < -0.39 is 10.0 Å². The molecule has 0 spiro atoms. The first-order valence-electron chi connectivity index (χ1n) is 7.74. The van der Waals surface area contributed by atoms with E-state index in [0.29, 0.717) is 47.3 Å². The third-order valence-corrected chi connectivity index (χ3v) is 6.01. The molecule has 1 atom stereocenters. The zero-order valence-electron chi connectivity index (χ0n) is 12.6. The molecule has 1 heterocycles. The predicted octanol–water partition coefficient (Wildman–Crippen LogP) is 1.29. The lowest BCUT2D eigenvalue weighted by Gasteiger charge is -2.12. The van der Waals surface area contributed by atoms with Crippen molar-refractivity contribution >= 4 is 10.0 Å². The molecule has 1 aromatic heterocycles. The topological polar surface area (TPSA) is 86.9 Å². The molecule has 6 nitrogen and oxygen atoms in total. The van der Waals surface area contributed by atoms with E-state index in [1.165, 1.54) is 25.7 Å². The van der Waals surface area contributed by atoms with Gasteiger partial charge in [-0.3, -0.25) is 5.10 Å². The molecule has 2 aliphatic carbocycles. The Kier molecular flexibility index (Phi) is 4.07. The van der Waals surface area contributed by atoms with Crippen LogP contribution in [0.1, 0.15) is 44.0 Å². The van der Waals surface area contributed by atoms with Gasteiger partial charge in [-0.2, -0.15) is 5.10 Å². The van der Waals surface area contributed by atoms with Crippen LogP contribution in [0.25, 0.3) is 0 Å². The fourth-order valence-electron chi connectivity index (χ4n) is 2.62. The number of hydrogen-bond donors (Lipinski definition) is 3. The number of H-pyrrole nitrogens is 1. The van der Waals surface area contributed by atoms with E-state index in [1.807, 2.05) is 0 Å². The van der Waals surface area contributed by atoms with E-state index in [9.17, 15) is 8.42 Å². The van der Waals surface area contributed by atoms with Gasteiger partial charge < -0.3 is 5.32 Å². The molecule has 0 saturated heterocycles. The van der Waals surface area contributed by atoms with Gasteiger partial charge in [0.15, 0.2) is 0 Å². The summed E-state index contributed by atoms with van der Waals surface area (Å²) in [5, 5.41) is 10.3. The second kappa shape index (κ2) is 5.70. The molecule has 7 heteroatoms. The first kappa shape index (κ1) is 15.0. The second-order valence-corrected chi connectivity index (χ2v) is 8.15. The highest BCUT2D eigenvalue weighted by Crippen LogP contribution is 2.36. The molecule has 2 saturated carbocycles. The molecule has 0 aromatic carbocycles. The maximum Gasteiger partial charge on any atom is 0.244 e. The summed E-state index contributed by atoms with van der Waals surface area (Å²) in [4.78, 5) is 0.318. The van der Waals surface area contributed by atoms with E-state index in [-0.39, 0.29) is 0 Å². The van der Waals surface area contributed by atoms with E-state index in [2.05, 4.69) is 27.2 Å². The summed E-state index contributed by atoms with van der Waals surface area (Å²) < 4.78 is 27.8. The molecule has 2 aliphatic rings. The van der Waals surface area contributed by atoms with Crippen LogP contribution in [-0.2, 0) is 16.6 Å². The van der Waals surface area contributed by atoms with Gasteiger partial charge in [-0.1, -0.05) is 6.92 Å². The van der Waals surface area contributed by atoms with Crippen molar-refractivity contribution in [2.24, 2.45) is 11.8 Å². The Morgan fingerprint density at radius 3 is 2.67 bits per heavy atom. The molecule has 21 heavy (non-hydrogen) atoms. The van der Waals surface area contributed by atoms with E-state index in [0.717, 1.165) is 0 Å². The molecule has 0 aliphatic heterocycles. The first-order valence-corrected chi connectivity index (χ1v) is 9.22. The van der Waals surface area contributed by atoms with Gasteiger partial charge in [-0.25, -0.2) is 13.1 Å². The number of hydrogen-bond acceptors (Lipinski definition) is 4. The largest absolute Gasteiger partial charge is 0.308 e. The van der Waals surface area contributed by atoms with Crippen molar-refractivity contribution in [3.8, 4) is 0 Å². The van der Waals surface area contributed by atoms with E-state index in [1.54, 1.807) is 6.92 Å². The molecule has 0 amide bonds. The maximum absolute atomic E-state index is 12.5. The van der Waals surface area contributed by atoms with Gasteiger partial charge in [0.1, 0.15) is 4.90 Å². The standard InChI is InChI=1S/C14H24N4O2S/c1-9(11-3-4-11)7-16-21(19,20)14-10(2)17-18-13(14)8-15-12-5-6-12/h9,11-12,15-16H,3-8H2,1-2H3,(H,17,18). The van der Waals surface area contributed by atoms with Gasteiger partial charge in [-0.15, -0.1) is 0 Å². The number of aryl methyl sites for hydroxylation is 1. The average molecular weight is 312 g/mol. The molecule has 0 bridgehead atoms. The van der Waals surface area contributed by atoms with Gasteiger partial charge in [0.2, 0.25) is 10.0 Å². The van der Waals surface area contributed by atoms with Crippen molar-refractivity contribution in [1.82, 2.24) is 20.2 Å². The molecule has 1 aromatic rings. The summed E-state index contributed by atoms with van der Waals surface area (Å²) in [7, 11) is -3.49. The third-order valence-electron chi connectivity index (χ3n) is 4.39. The molecule has 2 fully saturated rings. The third kappa shape index (κ3) is 3.64. The summed E-state index contributed by atoms with van der Waals surface area (Å²) in [6, 6.07) is 0.528. The fourth-order valence-corrected chi connectivity index (χ4v) is 4.12. The van der Waals surface area contributed by atoms with Gasteiger partial charge in [-0.05, 0) is 44.4 Å². The first-order chi connectivity index (χ1) is 9.97. The zero-order valence-corrected chi connectivity index (χ0v) is 13.5. The zero-order chi connectivity index (χ0) is 15.0. The van der Waals surface area contributed by atoms with Crippen molar-refractivity contribution in [1.29, 1.82) is 0 Å². The Balaban J connectivity index is 1.68. The van der Waals surface area contributed by atoms with E-state index >= 15 is 0 Å². The summed E-state index contributed by atoms with van der Waals surface area (Å²) in [6.45, 7) is 4.88. The normalized spacial score (nSPS) is 20.7. The van der Waals surface area contributed by atoms with Gasteiger partial charge in [0, 0.05) is 19.1 Å². The fraction of sp³-hybridized carbons (Fsp3) is 0.786. The lowest BCUT2D eigenvalue weighted by Crippen LogP contribution is -2.30. The highest BCUT2D eigenvalue weighted by atomic mass is 32.2. The molecule has 118 valence electrons. The Labute approximate surface area is 126 Å². The van der Waals surface area contributed by atoms with Crippen LogP contribution in [0.5, 0.6) is 0 Å². The maximum atomic E-state index is 12.5. The van der Waals surface area contributed by atoms with Crippen molar-refractivity contribution in [3.05, 3.63) is 11.4 Å². The Morgan fingerprint density at radius 2 is 2.05 bits per heavy atom. The minimum Gasteiger partial charge on any atom is -0.308 e. The minimum atomic E-state index is -3.49. The van der Waals surface area contributed by atoms with Gasteiger partial charge in [0.25, 0.3) is 0 Å². The van der Waals surface area contributed by atoms with Gasteiger partial charge in [0.05, 0.1) is 11.4 Å². The van der Waals surface area contributed by atoms with Crippen LogP contribution in [0.15, 0.2) is 4.90 Å². The molecule has 1 unspecified atom stereocenters. The number of rotatable bonds is 8. The van der Waals surface area contributed by atoms with Gasteiger partial charge >= 0.3 is 0 Å². The summed E-state index contributed by atoms with van der Waals surface area (Å²) in [6.07, 6.45) is 4.79. The van der Waals surface area contributed by atoms with Crippen LogP contribution in [-0.4, -0.2) is 31.2 Å². The number of sulfonamides is 1. The van der Waals surface area contributed by atoms with Crippen molar-refractivity contribution in [3.63, 3.8) is 0 Å². The lowest BCUT2D eigenvalue weighted by molar-refractivity contribution is 0.491. The molecular weight excluding hydrogens is 288 g/mol. The molecule has 0 radical (unpaired) electrons. The second-order valence-electron chi connectivity index (χ2n) is 6.45. The average Bonchev–Trinajstić information content (AvgIpc) is 3.33. The van der Waals surface area contributed by atoms with Crippen LogP contribution in [0.4, 0.5) is 0 Å². The predicted molar refractivity (Wildman–Crippen MR) is 80.3 cm³/mol. The minimum absolute atomic E-state index is 0.318. The number of nitrogens with zero attached hydrogens (tertiary/aromatic N) is 1. The SMILES string of the molecule is Cc1[nH]nc(CNC2CC2)c1S(=O)(=O)NCC(C)C1CC1. The monoisotopic (exact) mass is 312 g/mol.